The number of rotatable bonds is 8. The Bertz CT molecular complexity index is 800. The third-order valence-electron chi connectivity index (χ3n) is 4.75. The van der Waals surface area contributed by atoms with E-state index in [1.165, 1.54) is 12.1 Å². The van der Waals surface area contributed by atoms with Gasteiger partial charge in [0.1, 0.15) is 11.6 Å². The van der Waals surface area contributed by atoms with Crippen molar-refractivity contribution in [2.24, 2.45) is 4.99 Å². The fraction of sp³-hybridized carbons (Fsp3) is 0.455. The molecule has 30 heavy (non-hydrogen) atoms. The quantitative estimate of drug-likeness (QED) is 0.289. The second kappa shape index (κ2) is 11.8. The molecule has 0 spiro atoms. The van der Waals surface area contributed by atoms with Gasteiger partial charge in [0.25, 0.3) is 0 Å². The summed E-state index contributed by atoms with van der Waals surface area (Å²) in [5, 5.41) is 6.65. The van der Waals surface area contributed by atoms with Gasteiger partial charge in [-0.25, -0.2) is 9.37 Å². The maximum atomic E-state index is 12.9. The molecule has 0 bridgehead atoms. The molecule has 2 N–H and O–H groups in total. The molecule has 0 saturated carbocycles. The van der Waals surface area contributed by atoms with E-state index in [4.69, 9.17) is 4.74 Å². The van der Waals surface area contributed by atoms with E-state index < -0.39 is 0 Å². The summed E-state index contributed by atoms with van der Waals surface area (Å²) in [6, 6.07) is 10.8. The highest BCUT2D eigenvalue weighted by molar-refractivity contribution is 7.99. The number of hydrogen-bond donors (Lipinski definition) is 2. The van der Waals surface area contributed by atoms with Crippen LogP contribution in [0, 0.1) is 5.82 Å². The number of halogens is 1. The van der Waals surface area contributed by atoms with E-state index in [0.29, 0.717) is 6.54 Å². The standard InChI is InChI=1S/C22H30FN5OS/c1-17-16-28(11-12-29-17)21-9-4-18(14-26-21)15-27-22(24-2)25-10-3-13-30-20-7-5-19(23)6-8-20/h4-9,14,17H,3,10-13,15-16H2,1-2H3,(H2,24,25,27). The predicted molar refractivity (Wildman–Crippen MR) is 122 cm³/mol. The molecule has 1 aliphatic heterocycles. The highest BCUT2D eigenvalue weighted by Crippen LogP contribution is 2.18. The molecule has 0 aliphatic carbocycles. The fourth-order valence-corrected chi connectivity index (χ4v) is 3.99. The van der Waals surface area contributed by atoms with Gasteiger partial charge in [-0.2, -0.15) is 0 Å². The van der Waals surface area contributed by atoms with Crippen LogP contribution in [0.1, 0.15) is 18.9 Å². The number of thioether (sulfide) groups is 1. The van der Waals surface area contributed by atoms with Gasteiger partial charge in [-0.15, -0.1) is 11.8 Å². The smallest absolute Gasteiger partial charge is 0.191 e. The summed E-state index contributed by atoms with van der Waals surface area (Å²) in [5.41, 5.74) is 1.11. The van der Waals surface area contributed by atoms with Gasteiger partial charge in [-0.3, -0.25) is 4.99 Å². The lowest BCUT2D eigenvalue weighted by molar-refractivity contribution is 0.0529. The molecule has 3 rings (SSSR count). The largest absolute Gasteiger partial charge is 0.375 e. The Morgan fingerprint density at radius 2 is 2.10 bits per heavy atom. The first kappa shape index (κ1) is 22.4. The second-order valence-corrected chi connectivity index (χ2v) is 8.33. The molecule has 2 heterocycles. The van der Waals surface area contributed by atoms with Crippen LogP contribution in [0.5, 0.6) is 0 Å². The van der Waals surface area contributed by atoms with Crippen molar-refractivity contribution < 1.29 is 9.13 Å². The Balaban J connectivity index is 1.35. The SMILES string of the molecule is CN=C(NCCCSc1ccc(F)cc1)NCc1ccc(N2CCOC(C)C2)nc1. The molecule has 1 aromatic carbocycles. The highest BCUT2D eigenvalue weighted by Gasteiger charge is 2.17. The highest BCUT2D eigenvalue weighted by atomic mass is 32.2. The molecule has 1 fully saturated rings. The number of nitrogens with zero attached hydrogens (tertiary/aromatic N) is 3. The van der Waals surface area contributed by atoms with Crippen molar-refractivity contribution >= 4 is 23.5 Å². The second-order valence-electron chi connectivity index (χ2n) is 7.16. The molecule has 0 amide bonds. The van der Waals surface area contributed by atoms with E-state index in [-0.39, 0.29) is 11.9 Å². The number of nitrogens with one attached hydrogen (secondary N) is 2. The van der Waals surface area contributed by atoms with Gasteiger partial charge in [0.2, 0.25) is 0 Å². The van der Waals surface area contributed by atoms with E-state index in [1.807, 2.05) is 18.3 Å². The van der Waals surface area contributed by atoms with E-state index in [9.17, 15) is 4.39 Å². The minimum atomic E-state index is -0.198. The summed E-state index contributed by atoms with van der Waals surface area (Å²) < 4.78 is 18.5. The van der Waals surface area contributed by atoms with E-state index in [0.717, 1.165) is 60.7 Å². The van der Waals surface area contributed by atoms with Crippen LogP contribution in [0.3, 0.4) is 0 Å². The first-order chi connectivity index (χ1) is 14.6. The molecule has 1 aliphatic rings. The average molecular weight is 432 g/mol. The molecule has 6 nitrogen and oxygen atoms in total. The maximum absolute atomic E-state index is 12.9. The van der Waals surface area contributed by atoms with Gasteiger partial charge in [-0.05, 0) is 55.0 Å². The number of benzene rings is 1. The van der Waals surface area contributed by atoms with Crippen molar-refractivity contribution in [1.29, 1.82) is 0 Å². The van der Waals surface area contributed by atoms with Gasteiger partial charge in [0.05, 0.1) is 12.7 Å². The van der Waals surface area contributed by atoms with Crippen LogP contribution in [-0.4, -0.2) is 56.1 Å². The van der Waals surface area contributed by atoms with Gasteiger partial charge < -0.3 is 20.3 Å². The summed E-state index contributed by atoms with van der Waals surface area (Å²) in [4.78, 5) is 12.2. The number of morpholine rings is 1. The maximum Gasteiger partial charge on any atom is 0.191 e. The Labute approximate surface area is 182 Å². The summed E-state index contributed by atoms with van der Waals surface area (Å²) in [7, 11) is 1.77. The zero-order valence-electron chi connectivity index (χ0n) is 17.6. The number of ether oxygens (including phenoxy) is 1. The molecule has 2 aromatic rings. The van der Waals surface area contributed by atoms with Crippen molar-refractivity contribution in [3.63, 3.8) is 0 Å². The first-order valence-electron chi connectivity index (χ1n) is 10.3. The van der Waals surface area contributed by atoms with Crippen LogP contribution >= 0.6 is 11.8 Å². The summed E-state index contributed by atoms with van der Waals surface area (Å²) >= 11 is 1.72. The van der Waals surface area contributed by atoms with Crippen LogP contribution in [0.2, 0.25) is 0 Å². The number of aliphatic imine (C=N–C) groups is 1. The topological polar surface area (TPSA) is 61.8 Å². The molecule has 1 saturated heterocycles. The van der Waals surface area contributed by atoms with Crippen LogP contribution in [0.25, 0.3) is 0 Å². The van der Waals surface area contributed by atoms with Crippen molar-refractivity contribution in [3.8, 4) is 0 Å². The minimum Gasteiger partial charge on any atom is -0.375 e. The Kier molecular flexibility index (Phi) is 8.77. The van der Waals surface area contributed by atoms with Crippen LogP contribution in [-0.2, 0) is 11.3 Å². The molecule has 1 atom stereocenters. The van der Waals surface area contributed by atoms with Crippen molar-refractivity contribution in [2.75, 3.05) is 43.9 Å². The molecule has 1 aromatic heterocycles. The molecule has 8 heteroatoms. The Morgan fingerprint density at radius 1 is 1.27 bits per heavy atom. The number of guanidine groups is 1. The van der Waals surface area contributed by atoms with Crippen LogP contribution in [0.15, 0.2) is 52.5 Å². The zero-order valence-corrected chi connectivity index (χ0v) is 18.4. The minimum absolute atomic E-state index is 0.198. The predicted octanol–water partition coefficient (Wildman–Crippen LogP) is 3.29. The third-order valence-corrected chi connectivity index (χ3v) is 5.85. The van der Waals surface area contributed by atoms with Crippen molar-refractivity contribution in [3.05, 3.63) is 54.0 Å². The lowest BCUT2D eigenvalue weighted by Gasteiger charge is -2.32. The number of anilines is 1. The zero-order chi connectivity index (χ0) is 21.2. The van der Waals surface area contributed by atoms with E-state index in [2.05, 4.69) is 44.6 Å². The molecule has 1 unspecified atom stereocenters. The van der Waals surface area contributed by atoms with Gasteiger partial charge in [0, 0.05) is 44.3 Å². The number of aromatic nitrogens is 1. The summed E-state index contributed by atoms with van der Waals surface area (Å²) in [6.07, 6.45) is 3.14. The van der Waals surface area contributed by atoms with E-state index in [1.54, 1.807) is 18.8 Å². The lowest BCUT2D eigenvalue weighted by atomic mass is 10.2. The Hall–Kier alpha value is -2.32. The molecule has 0 radical (unpaired) electrons. The summed E-state index contributed by atoms with van der Waals surface area (Å²) in [6.45, 7) is 6.07. The number of hydrogen-bond acceptors (Lipinski definition) is 5. The van der Waals surface area contributed by atoms with Gasteiger partial charge in [0.15, 0.2) is 5.96 Å². The Morgan fingerprint density at radius 3 is 2.80 bits per heavy atom. The summed E-state index contributed by atoms with van der Waals surface area (Å²) in [5.74, 6) is 2.53. The first-order valence-corrected chi connectivity index (χ1v) is 11.3. The monoisotopic (exact) mass is 431 g/mol. The molecular weight excluding hydrogens is 401 g/mol. The lowest BCUT2D eigenvalue weighted by Crippen LogP contribution is -2.41. The third kappa shape index (κ3) is 7.18. The normalized spacial score (nSPS) is 17.1. The van der Waals surface area contributed by atoms with Crippen LogP contribution < -0.4 is 15.5 Å². The fourth-order valence-electron chi connectivity index (χ4n) is 3.14. The number of pyridine rings is 1. The van der Waals surface area contributed by atoms with Crippen molar-refractivity contribution in [1.82, 2.24) is 15.6 Å². The van der Waals surface area contributed by atoms with Gasteiger partial charge >= 0.3 is 0 Å². The van der Waals surface area contributed by atoms with Gasteiger partial charge in [-0.1, -0.05) is 6.07 Å². The average Bonchev–Trinajstić information content (AvgIpc) is 2.77. The van der Waals surface area contributed by atoms with Crippen LogP contribution in [0.4, 0.5) is 10.2 Å². The van der Waals surface area contributed by atoms with E-state index >= 15 is 0 Å². The van der Waals surface area contributed by atoms with Crippen molar-refractivity contribution in [2.45, 2.75) is 30.9 Å². The molecule has 162 valence electrons. The molecular formula is C22H30FN5OS.